The van der Waals surface area contributed by atoms with E-state index < -0.39 is 5.79 Å². The van der Waals surface area contributed by atoms with Gasteiger partial charge in [0.15, 0.2) is 11.5 Å². The highest BCUT2D eigenvalue weighted by molar-refractivity contribution is 6.30. The first-order valence-electron chi connectivity index (χ1n) is 8.85. The van der Waals surface area contributed by atoms with Gasteiger partial charge in [-0.2, -0.15) is 0 Å². The molecule has 0 spiro atoms. The van der Waals surface area contributed by atoms with Crippen molar-refractivity contribution in [3.8, 4) is 11.5 Å². The fourth-order valence-corrected chi connectivity index (χ4v) is 4.90. The van der Waals surface area contributed by atoms with E-state index >= 15 is 0 Å². The summed E-state index contributed by atoms with van der Waals surface area (Å²) in [5.74, 6) is 2.83. The third-order valence-corrected chi connectivity index (χ3v) is 6.10. The summed E-state index contributed by atoms with van der Waals surface area (Å²) >= 11 is 5.96. The molecule has 6 rings (SSSR count). The van der Waals surface area contributed by atoms with E-state index in [0.29, 0.717) is 10.9 Å². The van der Waals surface area contributed by atoms with Crippen molar-refractivity contribution in [2.24, 2.45) is 11.8 Å². The third kappa shape index (κ3) is 2.35. The van der Waals surface area contributed by atoms with Gasteiger partial charge in [-0.05, 0) is 49.4 Å². The highest BCUT2D eigenvalue weighted by Crippen LogP contribution is 2.57. The number of rotatable bonds is 2. The maximum atomic E-state index is 6.36. The van der Waals surface area contributed by atoms with Gasteiger partial charge in [-0.1, -0.05) is 23.7 Å². The van der Waals surface area contributed by atoms with Crippen molar-refractivity contribution in [3.63, 3.8) is 0 Å². The average Bonchev–Trinajstić information content (AvgIpc) is 2.93. The van der Waals surface area contributed by atoms with E-state index in [0.717, 1.165) is 29.0 Å². The van der Waals surface area contributed by atoms with Crippen molar-refractivity contribution < 1.29 is 9.47 Å². The molecule has 25 heavy (non-hydrogen) atoms. The lowest BCUT2D eigenvalue weighted by Crippen LogP contribution is -2.52. The maximum Gasteiger partial charge on any atom is 0.292 e. The SMILES string of the molecule is CN1CC2CC(C1)C2c1cccc2c1OC(C)(c1ccc(Cl)cn1)O2. The molecule has 0 amide bonds. The number of hydrogen-bond donors (Lipinski definition) is 0. The Balaban J connectivity index is 1.49. The molecule has 5 heteroatoms. The molecule has 3 atom stereocenters. The normalized spacial score (nSPS) is 33.2. The van der Waals surface area contributed by atoms with E-state index in [1.165, 1.54) is 25.1 Å². The van der Waals surface area contributed by atoms with Crippen LogP contribution in [-0.4, -0.2) is 30.0 Å². The van der Waals surface area contributed by atoms with Crippen molar-refractivity contribution >= 4 is 11.6 Å². The summed E-state index contributed by atoms with van der Waals surface area (Å²) in [6, 6.07) is 9.95. The number of ether oxygens (including phenoxy) is 2. The Labute approximate surface area is 152 Å². The van der Waals surface area contributed by atoms with Gasteiger partial charge in [0, 0.05) is 31.8 Å². The zero-order valence-electron chi connectivity index (χ0n) is 14.4. The summed E-state index contributed by atoms with van der Waals surface area (Å²) < 4.78 is 12.5. The first kappa shape index (κ1) is 15.5. The Morgan fingerprint density at radius 2 is 1.96 bits per heavy atom. The predicted molar refractivity (Wildman–Crippen MR) is 96.1 cm³/mol. The van der Waals surface area contributed by atoms with Gasteiger partial charge in [-0.3, -0.25) is 4.98 Å². The van der Waals surface area contributed by atoms with Gasteiger partial charge in [0.1, 0.15) is 5.69 Å². The van der Waals surface area contributed by atoms with Crippen LogP contribution in [0.4, 0.5) is 0 Å². The fourth-order valence-electron chi connectivity index (χ4n) is 4.79. The molecule has 2 aromatic rings. The van der Waals surface area contributed by atoms with E-state index in [2.05, 4.69) is 29.1 Å². The number of para-hydroxylation sites is 1. The lowest BCUT2D eigenvalue weighted by atomic mass is 9.59. The molecular formula is C20H21ClN2O2. The second-order valence-corrected chi connectivity index (χ2v) is 8.13. The van der Waals surface area contributed by atoms with Crippen LogP contribution in [0.15, 0.2) is 36.5 Å². The van der Waals surface area contributed by atoms with Gasteiger partial charge in [-0.15, -0.1) is 0 Å². The topological polar surface area (TPSA) is 34.6 Å². The number of piperidine rings is 2. The molecule has 3 aliphatic heterocycles. The molecule has 0 N–H and O–H groups in total. The predicted octanol–water partition coefficient (Wildman–Crippen LogP) is 4.04. The summed E-state index contributed by atoms with van der Waals surface area (Å²) in [5, 5.41) is 0.606. The zero-order chi connectivity index (χ0) is 17.2. The summed E-state index contributed by atoms with van der Waals surface area (Å²) in [6.07, 6.45) is 2.96. The monoisotopic (exact) mass is 356 g/mol. The molecule has 3 unspecified atom stereocenters. The molecule has 4 nitrogen and oxygen atoms in total. The van der Waals surface area contributed by atoms with Gasteiger partial charge >= 0.3 is 0 Å². The fraction of sp³-hybridized carbons (Fsp3) is 0.450. The molecule has 1 saturated carbocycles. The number of hydrogen-bond acceptors (Lipinski definition) is 4. The number of aromatic nitrogens is 1. The highest BCUT2D eigenvalue weighted by atomic mass is 35.5. The number of benzene rings is 1. The van der Waals surface area contributed by atoms with Crippen LogP contribution in [-0.2, 0) is 5.79 Å². The van der Waals surface area contributed by atoms with Crippen LogP contribution in [0.5, 0.6) is 11.5 Å². The van der Waals surface area contributed by atoms with E-state index in [9.17, 15) is 0 Å². The van der Waals surface area contributed by atoms with Crippen LogP contribution in [0, 0.1) is 11.8 Å². The van der Waals surface area contributed by atoms with E-state index in [1.807, 2.05) is 25.1 Å². The van der Waals surface area contributed by atoms with Crippen molar-refractivity contribution in [1.29, 1.82) is 0 Å². The lowest BCUT2D eigenvalue weighted by Gasteiger charge is -2.53. The minimum Gasteiger partial charge on any atom is -0.443 e. The van der Waals surface area contributed by atoms with Crippen LogP contribution < -0.4 is 9.47 Å². The molecule has 1 aromatic heterocycles. The Bertz CT molecular complexity index is 813. The molecule has 3 fully saturated rings. The van der Waals surface area contributed by atoms with Crippen molar-refractivity contribution in [2.45, 2.75) is 25.0 Å². The molecule has 2 saturated heterocycles. The Morgan fingerprint density at radius 3 is 2.68 bits per heavy atom. The van der Waals surface area contributed by atoms with Gasteiger partial charge in [0.05, 0.1) is 5.02 Å². The van der Waals surface area contributed by atoms with Gasteiger partial charge in [-0.25, -0.2) is 0 Å². The summed E-state index contributed by atoms with van der Waals surface area (Å²) in [7, 11) is 2.22. The largest absolute Gasteiger partial charge is 0.443 e. The van der Waals surface area contributed by atoms with Crippen LogP contribution in [0.2, 0.25) is 5.02 Å². The third-order valence-electron chi connectivity index (χ3n) is 5.88. The first-order chi connectivity index (χ1) is 12.0. The first-order valence-corrected chi connectivity index (χ1v) is 9.23. The standard InChI is InChI=1S/C20H21ClN2O2/c1-20(17-7-6-14(21)9-22-17)24-16-5-3-4-15(19(16)25-20)18-12-8-13(18)11-23(2)10-12/h3-7,9,12-13,18H,8,10-11H2,1-2H3. The van der Waals surface area contributed by atoms with Crippen LogP contribution >= 0.6 is 11.6 Å². The minimum atomic E-state index is -0.904. The molecule has 4 heterocycles. The van der Waals surface area contributed by atoms with Crippen molar-refractivity contribution in [1.82, 2.24) is 9.88 Å². The van der Waals surface area contributed by atoms with Crippen LogP contribution in [0.25, 0.3) is 0 Å². The quantitative estimate of drug-likeness (QED) is 0.813. The second-order valence-electron chi connectivity index (χ2n) is 7.69. The number of halogens is 1. The Hall–Kier alpha value is -1.78. The zero-order valence-corrected chi connectivity index (χ0v) is 15.2. The molecule has 1 aliphatic carbocycles. The number of nitrogens with zero attached hydrogens (tertiary/aromatic N) is 2. The van der Waals surface area contributed by atoms with E-state index in [1.54, 1.807) is 6.20 Å². The minimum absolute atomic E-state index is 0.579. The molecule has 4 aliphatic rings. The molecular weight excluding hydrogens is 336 g/mol. The van der Waals surface area contributed by atoms with E-state index in [4.69, 9.17) is 21.1 Å². The smallest absolute Gasteiger partial charge is 0.292 e. The second kappa shape index (κ2) is 5.36. The van der Waals surface area contributed by atoms with Crippen LogP contribution in [0.1, 0.15) is 30.5 Å². The Kier molecular flexibility index (Phi) is 3.32. The van der Waals surface area contributed by atoms with Gasteiger partial charge in [0.2, 0.25) is 0 Å². The Morgan fingerprint density at radius 1 is 1.16 bits per heavy atom. The van der Waals surface area contributed by atoms with Gasteiger partial charge < -0.3 is 14.4 Å². The molecule has 1 aromatic carbocycles. The summed E-state index contributed by atoms with van der Waals surface area (Å²) in [4.78, 5) is 6.84. The highest BCUT2D eigenvalue weighted by Gasteiger charge is 2.50. The lowest BCUT2D eigenvalue weighted by molar-refractivity contribution is -0.0732. The molecule has 0 radical (unpaired) electrons. The van der Waals surface area contributed by atoms with Gasteiger partial charge in [0.25, 0.3) is 5.79 Å². The average molecular weight is 357 g/mol. The molecule has 130 valence electrons. The maximum absolute atomic E-state index is 6.36. The summed E-state index contributed by atoms with van der Waals surface area (Å²) in [6.45, 7) is 4.26. The van der Waals surface area contributed by atoms with E-state index in [-0.39, 0.29) is 0 Å². The summed E-state index contributed by atoms with van der Waals surface area (Å²) in [5.41, 5.74) is 2.03. The van der Waals surface area contributed by atoms with Crippen molar-refractivity contribution in [3.05, 3.63) is 52.8 Å². The number of fused-ring (bicyclic) bond motifs is 3. The van der Waals surface area contributed by atoms with Crippen LogP contribution in [0.3, 0.4) is 0 Å². The molecule has 2 bridgehead atoms. The number of pyridine rings is 1. The van der Waals surface area contributed by atoms with Crippen molar-refractivity contribution in [2.75, 3.05) is 20.1 Å².